The van der Waals surface area contributed by atoms with Crippen LogP contribution in [-0.2, 0) is 45.5 Å². The third kappa shape index (κ3) is 10.3. The van der Waals surface area contributed by atoms with Crippen molar-refractivity contribution in [2.24, 2.45) is 29.1 Å². The molecule has 394 valence electrons. The fraction of sp³-hybridized carbons (Fsp3) is 0.574. The molecule has 4 aromatic heterocycles. The summed E-state index contributed by atoms with van der Waals surface area (Å²) in [6.07, 6.45) is 1.62. The molecule has 5 aromatic rings. The first-order chi connectivity index (χ1) is 35.1. The first-order valence-corrected chi connectivity index (χ1v) is 30.3. The van der Waals surface area contributed by atoms with Gasteiger partial charge < -0.3 is 23.7 Å². The van der Waals surface area contributed by atoms with Crippen LogP contribution >= 0.6 is 15.6 Å². The number of hydrogen-bond acceptors (Lipinski definition) is 18. The molecule has 2 unspecified atom stereocenters. The lowest BCUT2D eigenvalue weighted by molar-refractivity contribution is -0.118. The summed E-state index contributed by atoms with van der Waals surface area (Å²) in [5.74, 6) is -2.78. The number of hydrogen-bond donors (Lipinski definition) is 3. The van der Waals surface area contributed by atoms with Crippen molar-refractivity contribution in [3.63, 3.8) is 0 Å². The smallest absolute Gasteiger partial charge is 0.409 e. The number of nitrogens with one attached hydrogen (secondary N) is 3. The highest BCUT2D eigenvalue weighted by molar-refractivity contribution is 7.48. The molecule has 0 bridgehead atoms. The average molecular weight is 1080 g/mol. The summed E-state index contributed by atoms with van der Waals surface area (Å²) in [5.41, 5.74) is -0.522. The fourth-order valence-corrected chi connectivity index (χ4v) is 14.4. The zero-order valence-corrected chi connectivity index (χ0v) is 45.1. The number of phosphoric ester groups is 2. The molecule has 9 rings (SSSR count). The number of aromatic nitrogens is 8. The molecule has 4 fully saturated rings. The normalized spacial score (nSPS) is 30.1. The van der Waals surface area contributed by atoms with Crippen LogP contribution in [0.25, 0.3) is 27.2 Å². The summed E-state index contributed by atoms with van der Waals surface area (Å²) in [4.78, 5) is 68.2. The van der Waals surface area contributed by atoms with Gasteiger partial charge in [0.15, 0.2) is 36.5 Å². The highest BCUT2D eigenvalue weighted by atomic mass is 31.2. The standard InChI is InChI=1S/C47H60N12O12P2Si/c1-27(2)42(60)56-45-55-41-34(44(62)57-45)53-26-59(41)35-31-21-47(31)23-68-73(64,66-19-17-49-7)69-36-28(3)32(58-25-52-33-39(50-24-51-40(33)58)54-43(61)29-14-11-10-12-15-29)20-30(36)22-67-72(63,65-18-13-16-48)70-38(47)37(35)71-74(8,9)46(4,5)6/h10-12,14-15,24-28,30-32,35-38H,13,17-23H2,1-6,8-9H3,(H,50,51,54,61)(H2,55,56,57,60,62)/t28-,30+,31+,32+,35+,36-,37-,38-,47+,72?,73?/m0/s1. The van der Waals surface area contributed by atoms with Gasteiger partial charge in [-0.05, 0) is 49.0 Å². The zero-order valence-electron chi connectivity index (χ0n) is 42.3. The Morgan fingerprint density at radius 1 is 1.01 bits per heavy atom. The number of nitriles is 1. The number of rotatable bonds is 14. The van der Waals surface area contributed by atoms with Crippen LogP contribution in [0.5, 0.6) is 0 Å². The van der Waals surface area contributed by atoms with Crippen molar-refractivity contribution in [3.8, 4) is 6.07 Å². The zero-order chi connectivity index (χ0) is 53.0. The summed E-state index contributed by atoms with van der Waals surface area (Å²) in [7, 11) is -12.1. The lowest BCUT2D eigenvalue weighted by atomic mass is 10.0. The van der Waals surface area contributed by atoms with Crippen molar-refractivity contribution < 1.29 is 50.3 Å². The van der Waals surface area contributed by atoms with Gasteiger partial charge in [0, 0.05) is 34.8 Å². The number of anilines is 2. The average Bonchev–Trinajstić information content (AvgIpc) is 3.60. The van der Waals surface area contributed by atoms with Gasteiger partial charge in [-0.2, -0.15) is 10.2 Å². The van der Waals surface area contributed by atoms with Gasteiger partial charge in [0.1, 0.15) is 19.0 Å². The summed E-state index contributed by atoms with van der Waals surface area (Å²) in [5, 5.41) is 14.7. The van der Waals surface area contributed by atoms with E-state index in [0.717, 1.165) is 0 Å². The molecular weight excluding hydrogens is 1010 g/mol. The molecule has 2 amide bonds. The van der Waals surface area contributed by atoms with Crippen LogP contribution in [-0.4, -0.2) is 110 Å². The van der Waals surface area contributed by atoms with Gasteiger partial charge in [-0.3, -0.25) is 51.8 Å². The molecule has 3 aliphatic carbocycles. The molecule has 27 heteroatoms. The molecule has 1 aliphatic heterocycles. The number of nitrogens with zero attached hydrogens (tertiary/aromatic N) is 9. The number of imidazole rings is 2. The van der Waals surface area contributed by atoms with Crippen LogP contribution in [0.3, 0.4) is 0 Å². The van der Waals surface area contributed by atoms with E-state index in [1.807, 2.05) is 30.7 Å². The van der Waals surface area contributed by atoms with E-state index in [0.29, 0.717) is 23.1 Å². The number of aromatic amines is 1. The Labute approximate surface area is 427 Å². The number of carbonyl (C=O) groups is 2. The molecule has 3 N–H and O–H groups in total. The highest BCUT2D eigenvalue weighted by Gasteiger charge is 2.75. The van der Waals surface area contributed by atoms with Crippen molar-refractivity contribution in [1.29, 1.82) is 5.26 Å². The summed E-state index contributed by atoms with van der Waals surface area (Å²) < 4.78 is 79.9. The van der Waals surface area contributed by atoms with E-state index in [2.05, 4.69) is 66.2 Å². The molecular formula is C47H60N12O12P2Si. The molecule has 1 spiro atoms. The molecule has 1 saturated heterocycles. The monoisotopic (exact) mass is 1070 g/mol. The minimum Gasteiger partial charge on any atom is -0.409 e. The van der Waals surface area contributed by atoms with Crippen LogP contribution in [0.4, 0.5) is 11.8 Å². The Morgan fingerprint density at radius 3 is 2.45 bits per heavy atom. The van der Waals surface area contributed by atoms with Crippen molar-refractivity contribution in [3.05, 3.63) is 76.6 Å². The first-order valence-electron chi connectivity index (χ1n) is 24.5. The third-order valence-corrected chi connectivity index (χ3v) is 22.4. The number of amides is 2. The maximum atomic E-state index is 15.5. The quantitative estimate of drug-likeness (QED) is 0.0413. The highest BCUT2D eigenvalue weighted by Crippen LogP contribution is 2.74. The Bertz CT molecular complexity index is 3190. The minimum absolute atomic E-state index is 0.0123. The second kappa shape index (κ2) is 20.5. The van der Waals surface area contributed by atoms with E-state index < -0.39 is 94.9 Å². The first kappa shape index (κ1) is 53.3. The van der Waals surface area contributed by atoms with Gasteiger partial charge in [0.25, 0.3) is 11.5 Å². The van der Waals surface area contributed by atoms with Gasteiger partial charge in [0.05, 0.1) is 63.2 Å². The maximum absolute atomic E-state index is 15.5. The summed E-state index contributed by atoms with van der Waals surface area (Å²) >= 11 is 0. The van der Waals surface area contributed by atoms with Crippen LogP contribution in [0, 0.1) is 47.0 Å². The summed E-state index contributed by atoms with van der Waals surface area (Å²) in [6, 6.07) is 9.45. The van der Waals surface area contributed by atoms with E-state index in [1.54, 1.807) is 55.1 Å². The number of H-pyrrole nitrogens is 1. The van der Waals surface area contributed by atoms with Crippen molar-refractivity contribution in [2.45, 2.75) is 109 Å². The molecule has 1 aromatic carbocycles. The lowest BCUT2D eigenvalue weighted by Gasteiger charge is -2.43. The van der Waals surface area contributed by atoms with E-state index in [9.17, 15) is 19.6 Å². The Hall–Kier alpha value is -5.56. The van der Waals surface area contributed by atoms with Crippen LogP contribution in [0.1, 0.15) is 83.2 Å². The molecule has 4 aliphatic rings. The van der Waals surface area contributed by atoms with Crippen molar-refractivity contribution in [1.82, 2.24) is 39.0 Å². The van der Waals surface area contributed by atoms with Crippen molar-refractivity contribution in [2.75, 3.05) is 43.6 Å². The van der Waals surface area contributed by atoms with Gasteiger partial charge in [0.2, 0.25) is 18.4 Å². The van der Waals surface area contributed by atoms with Gasteiger partial charge >= 0.3 is 15.6 Å². The van der Waals surface area contributed by atoms with E-state index in [4.69, 9.17) is 38.1 Å². The predicted octanol–water partition coefficient (Wildman–Crippen LogP) is 7.85. The lowest BCUT2D eigenvalue weighted by Crippen LogP contribution is -2.50. The summed E-state index contributed by atoms with van der Waals surface area (Å²) in [6.45, 7) is 21.6. The molecule has 0 radical (unpaired) electrons. The molecule has 24 nitrogen and oxygen atoms in total. The van der Waals surface area contributed by atoms with Crippen LogP contribution < -0.4 is 16.2 Å². The molecule has 5 heterocycles. The number of carbonyl (C=O) groups excluding carboxylic acids is 2. The van der Waals surface area contributed by atoms with E-state index in [-0.39, 0.29) is 79.7 Å². The van der Waals surface area contributed by atoms with Gasteiger partial charge in [-0.1, -0.05) is 59.7 Å². The maximum Gasteiger partial charge on any atom is 0.475 e. The second-order valence-electron chi connectivity index (χ2n) is 21.1. The number of phosphoric acid groups is 2. The van der Waals surface area contributed by atoms with Crippen LogP contribution in [0.15, 0.2) is 54.1 Å². The fourth-order valence-electron chi connectivity index (χ4n) is 10.00. The second-order valence-corrected chi connectivity index (χ2v) is 29.1. The predicted molar refractivity (Wildman–Crippen MR) is 270 cm³/mol. The third-order valence-electron chi connectivity index (χ3n) is 15.0. The van der Waals surface area contributed by atoms with E-state index >= 15 is 9.13 Å². The van der Waals surface area contributed by atoms with E-state index in [1.165, 1.54) is 12.7 Å². The van der Waals surface area contributed by atoms with Gasteiger partial charge in [-0.15, -0.1) is 0 Å². The number of benzene rings is 1. The Morgan fingerprint density at radius 2 is 1.73 bits per heavy atom. The topological polar surface area (TPSA) is 292 Å². The Kier molecular flexibility index (Phi) is 14.8. The van der Waals surface area contributed by atoms with Gasteiger partial charge in [-0.25, -0.2) is 35.6 Å². The Balaban J connectivity index is 1.11. The number of fused-ring (bicyclic) bond motifs is 3. The molecule has 11 atom stereocenters. The minimum atomic E-state index is -4.69. The largest absolute Gasteiger partial charge is 0.475 e. The SMILES string of the molecule is [C-]#[N+]CCOP1(=O)OC[C@]23C[C@@H]2[C@@H](n2cnc4c(=O)[nH]c(NC(=O)C(C)C)nc42)[C@H](O[Si](C)(C)C(C)(C)C)[C@@H]3OP(=O)(OCCC#N)OC[C@H]2C[C@@H](n3cnc4c(NC(=O)c5ccccc5)ncnc43)[C@H](C)[C@@H]2O1. The van der Waals surface area contributed by atoms with Crippen molar-refractivity contribution >= 4 is 69.9 Å². The molecule has 3 saturated carbocycles. The van der Waals surface area contributed by atoms with Crippen LogP contribution in [0.2, 0.25) is 18.1 Å². The molecule has 74 heavy (non-hydrogen) atoms.